The third-order valence-electron chi connectivity index (χ3n) is 1.30. The summed E-state index contributed by atoms with van der Waals surface area (Å²) >= 11 is 0. The van der Waals surface area contributed by atoms with Crippen molar-refractivity contribution in [3.8, 4) is 0 Å². The average molecular weight is 151 g/mol. The number of nitrogens with one attached hydrogen (secondary N) is 1. The van der Waals surface area contributed by atoms with E-state index in [1.807, 2.05) is 6.07 Å². The summed E-state index contributed by atoms with van der Waals surface area (Å²) < 4.78 is 0. The van der Waals surface area contributed by atoms with Gasteiger partial charge in [-0.2, -0.15) is 0 Å². The van der Waals surface area contributed by atoms with Crippen LogP contribution in [-0.2, 0) is 0 Å². The molecule has 1 aromatic rings. The van der Waals surface area contributed by atoms with Crippen LogP contribution in [0.4, 0.5) is 11.4 Å². The first-order valence-corrected chi connectivity index (χ1v) is 3.66. The Kier molecular flexibility index (Phi) is 2.31. The molecule has 0 aliphatic carbocycles. The van der Waals surface area contributed by atoms with Crippen LogP contribution in [0.1, 0.15) is 13.8 Å². The van der Waals surface area contributed by atoms with Gasteiger partial charge in [0.15, 0.2) is 0 Å². The van der Waals surface area contributed by atoms with E-state index < -0.39 is 0 Å². The van der Waals surface area contributed by atoms with Crippen LogP contribution in [-0.4, -0.2) is 11.0 Å². The summed E-state index contributed by atoms with van der Waals surface area (Å²) in [6.07, 6.45) is 3.37. The van der Waals surface area contributed by atoms with E-state index in [0.717, 1.165) is 5.69 Å². The molecule has 0 amide bonds. The molecule has 0 unspecified atom stereocenters. The number of nitrogens with zero attached hydrogens (tertiary/aromatic N) is 1. The Morgan fingerprint density at radius 1 is 1.55 bits per heavy atom. The molecule has 0 fully saturated rings. The van der Waals surface area contributed by atoms with E-state index in [-0.39, 0.29) is 0 Å². The van der Waals surface area contributed by atoms with Crippen molar-refractivity contribution in [1.82, 2.24) is 4.98 Å². The van der Waals surface area contributed by atoms with Crippen molar-refractivity contribution in [2.45, 2.75) is 19.9 Å². The Labute approximate surface area is 66.6 Å². The van der Waals surface area contributed by atoms with Gasteiger partial charge in [0.05, 0.1) is 17.6 Å². The van der Waals surface area contributed by atoms with Crippen LogP contribution in [0.15, 0.2) is 18.5 Å². The van der Waals surface area contributed by atoms with Crippen LogP contribution in [0.3, 0.4) is 0 Å². The number of anilines is 2. The van der Waals surface area contributed by atoms with E-state index >= 15 is 0 Å². The summed E-state index contributed by atoms with van der Waals surface area (Å²) in [4.78, 5) is 3.89. The van der Waals surface area contributed by atoms with Gasteiger partial charge in [0.25, 0.3) is 0 Å². The molecule has 0 spiro atoms. The van der Waals surface area contributed by atoms with Gasteiger partial charge in [0.1, 0.15) is 0 Å². The lowest BCUT2D eigenvalue weighted by Crippen LogP contribution is -2.11. The second kappa shape index (κ2) is 3.23. The van der Waals surface area contributed by atoms with Crippen molar-refractivity contribution in [2.75, 3.05) is 11.1 Å². The van der Waals surface area contributed by atoms with E-state index in [9.17, 15) is 0 Å². The number of aromatic nitrogens is 1. The van der Waals surface area contributed by atoms with Crippen LogP contribution < -0.4 is 11.1 Å². The molecule has 1 rings (SSSR count). The first-order valence-electron chi connectivity index (χ1n) is 3.66. The fraction of sp³-hybridized carbons (Fsp3) is 0.375. The summed E-state index contributed by atoms with van der Waals surface area (Å²) in [7, 11) is 0. The molecule has 11 heavy (non-hydrogen) atoms. The Bertz CT molecular complexity index is 233. The smallest absolute Gasteiger partial charge is 0.0736 e. The molecule has 3 N–H and O–H groups in total. The minimum absolute atomic E-state index is 0.402. The first kappa shape index (κ1) is 7.85. The number of hydrogen-bond acceptors (Lipinski definition) is 3. The quantitative estimate of drug-likeness (QED) is 0.673. The van der Waals surface area contributed by atoms with E-state index in [0.29, 0.717) is 11.7 Å². The van der Waals surface area contributed by atoms with Gasteiger partial charge in [0, 0.05) is 12.2 Å². The molecular weight excluding hydrogens is 138 g/mol. The first-order chi connectivity index (χ1) is 5.20. The third kappa shape index (κ3) is 2.11. The van der Waals surface area contributed by atoms with Crippen LogP contribution in [0.5, 0.6) is 0 Å². The number of rotatable bonds is 2. The van der Waals surface area contributed by atoms with Crippen LogP contribution in [0, 0.1) is 0 Å². The van der Waals surface area contributed by atoms with Gasteiger partial charge in [-0.05, 0) is 19.9 Å². The minimum atomic E-state index is 0.402. The maximum Gasteiger partial charge on any atom is 0.0736 e. The third-order valence-corrected chi connectivity index (χ3v) is 1.30. The Morgan fingerprint density at radius 2 is 2.27 bits per heavy atom. The van der Waals surface area contributed by atoms with E-state index in [1.165, 1.54) is 0 Å². The Hall–Kier alpha value is -1.25. The molecule has 1 aromatic heterocycles. The molecule has 0 atom stereocenters. The van der Waals surface area contributed by atoms with Gasteiger partial charge >= 0.3 is 0 Å². The van der Waals surface area contributed by atoms with Crippen molar-refractivity contribution in [3.63, 3.8) is 0 Å². The predicted molar refractivity (Wildman–Crippen MR) is 47.4 cm³/mol. The number of pyridine rings is 1. The molecule has 3 nitrogen and oxygen atoms in total. The molecule has 0 saturated carbocycles. The monoisotopic (exact) mass is 151 g/mol. The Balaban J connectivity index is 2.78. The van der Waals surface area contributed by atoms with Crippen molar-refractivity contribution in [2.24, 2.45) is 0 Å². The van der Waals surface area contributed by atoms with E-state index in [2.05, 4.69) is 24.1 Å². The topological polar surface area (TPSA) is 50.9 Å². The molecule has 0 aliphatic rings. The molecule has 0 bridgehead atoms. The lowest BCUT2D eigenvalue weighted by Gasteiger charge is -2.10. The molecule has 0 radical (unpaired) electrons. The highest BCUT2D eigenvalue weighted by atomic mass is 14.9. The molecule has 60 valence electrons. The van der Waals surface area contributed by atoms with Gasteiger partial charge in [-0.15, -0.1) is 0 Å². The average Bonchev–Trinajstić information content (AvgIpc) is 1.93. The fourth-order valence-electron chi connectivity index (χ4n) is 0.849. The van der Waals surface area contributed by atoms with E-state index in [4.69, 9.17) is 5.73 Å². The zero-order valence-electron chi connectivity index (χ0n) is 6.83. The second-order valence-corrected chi connectivity index (χ2v) is 2.76. The highest BCUT2D eigenvalue weighted by molar-refractivity contribution is 5.64. The molecule has 3 heteroatoms. The maximum atomic E-state index is 5.64. The van der Waals surface area contributed by atoms with Gasteiger partial charge in [-0.3, -0.25) is 4.98 Å². The summed E-state index contributed by atoms with van der Waals surface area (Å²) in [6.45, 7) is 4.14. The van der Waals surface area contributed by atoms with Gasteiger partial charge in [-0.1, -0.05) is 0 Å². The molecular formula is C8H13N3. The molecule has 0 aliphatic heterocycles. The SMILES string of the molecule is CC(C)Nc1ccncc1N. The van der Waals surface area contributed by atoms with Crippen molar-refractivity contribution in [3.05, 3.63) is 18.5 Å². The maximum absolute atomic E-state index is 5.64. The van der Waals surface area contributed by atoms with Gasteiger partial charge < -0.3 is 11.1 Å². The van der Waals surface area contributed by atoms with Crippen LogP contribution in [0.25, 0.3) is 0 Å². The lowest BCUT2D eigenvalue weighted by molar-refractivity contribution is 0.899. The van der Waals surface area contributed by atoms with Crippen molar-refractivity contribution < 1.29 is 0 Å². The lowest BCUT2D eigenvalue weighted by atomic mass is 10.3. The molecule has 1 heterocycles. The zero-order valence-corrected chi connectivity index (χ0v) is 6.83. The number of nitrogens with two attached hydrogens (primary N) is 1. The highest BCUT2D eigenvalue weighted by Crippen LogP contribution is 2.15. The largest absolute Gasteiger partial charge is 0.396 e. The number of hydrogen-bond donors (Lipinski definition) is 2. The normalized spacial score (nSPS) is 10.1. The summed E-state index contributed by atoms with van der Waals surface area (Å²) in [5.74, 6) is 0. The zero-order chi connectivity index (χ0) is 8.27. The fourth-order valence-corrected chi connectivity index (χ4v) is 0.849. The standard InChI is InChI=1S/C8H13N3/c1-6(2)11-8-3-4-10-5-7(8)9/h3-6H,9H2,1-2H3,(H,10,11). The predicted octanol–water partition coefficient (Wildman–Crippen LogP) is 1.48. The minimum Gasteiger partial charge on any atom is -0.396 e. The van der Waals surface area contributed by atoms with Crippen LogP contribution in [0.2, 0.25) is 0 Å². The van der Waals surface area contributed by atoms with Gasteiger partial charge in [0.2, 0.25) is 0 Å². The van der Waals surface area contributed by atoms with E-state index in [1.54, 1.807) is 12.4 Å². The van der Waals surface area contributed by atoms with Gasteiger partial charge in [-0.25, -0.2) is 0 Å². The highest BCUT2D eigenvalue weighted by Gasteiger charge is 1.97. The number of nitrogen functional groups attached to an aromatic ring is 1. The second-order valence-electron chi connectivity index (χ2n) is 2.76. The molecule has 0 aromatic carbocycles. The summed E-state index contributed by atoms with van der Waals surface area (Å²) in [5.41, 5.74) is 7.29. The van der Waals surface area contributed by atoms with Crippen molar-refractivity contribution >= 4 is 11.4 Å². The summed E-state index contributed by atoms with van der Waals surface area (Å²) in [5, 5.41) is 3.21. The summed E-state index contributed by atoms with van der Waals surface area (Å²) in [6, 6.07) is 2.27. The van der Waals surface area contributed by atoms with Crippen molar-refractivity contribution in [1.29, 1.82) is 0 Å². The Morgan fingerprint density at radius 3 is 2.82 bits per heavy atom. The van der Waals surface area contributed by atoms with Crippen LogP contribution >= 0.6 is 0 Å². The molecule has 0 saturated heterocycles.